The van der Waals surface area contributed by atoms with Gasteiger partial charge in [0.25, 0.3) is 5.91 Å². The number of likely N-dealkylation sites (tertiary alicyclic amines) is 1. The molecular formula is C20H26N2O3. The molecule has 0 radical (unpaired) electrons. The van der Waals surface area contributed by atoms with Crippen LogP contribution in [-0.2, 0) is 6.54 Å². The van der Waals surface area contributed by atoms with Crippen molar-refractivity contribution in [1.82, 2.24) is 4.90 Å². The number of rotatable bonds is 5. The van der Waals surface area contributed by atoms with Gasteiger partial charge in [-0.15, -0.1) is 0 Å². The molecule has 2 N–H and O–H groups in total. The molecule has 0 aliphatic carbocycles. The van der Waals surface area contributed by atoms with Crippen LogP contribution in [0.3, 0.4) is 0 Å². The van der Waals surface area contributed by atoms with E-state index in [4.69, 9.17) is 4.42 Å². The number of hydrogen-bond acceptors (Lipinski definition) is 4. The van der Waals surface area contributed by atoms with Crippen molar-refractivity contribution >= 4 is 11.6 Å². The number of anilines is 1. The van der Waals surface area contributed by atoms with Gasteiger partial charge in [-0.05, 0) is 56.9 Å². The molecule has 5 heteroatoms. The maximum atomic E-state index is 12.7. The van der Waals surface area contributed by atoms with Gasteiger partial charge in [0, 0.05) is 43.1 Å². The number of carbonyl (C=O) groups is 1. The maximum absolute atomic E-state index is 12.7. The summed E-state index contributed by atoms with van der Waals surface area (Å²) in [6.07, 6.45) is 1.75. The minimum atomic E-state index is 0.0652. The molecule has 0 bridgehead atoms. The van der Waals surface area contributed by atoms with E-state index in [1.165, 1.54) is 0 Å². The zero-order valence-corrected chi connectivity index (χ0v) is 14.9. The number of piperidine rings is 1. The fraction of sp³-hybridized carbons (Fsp3) is 0.450. The van der Waals surface area contributed by atoms with Gasteiger partial charge in [0.05, 0.1) is 0 Å². The van der Waals surface area contributed by atoms with Crippen LogP contribution in [0.5, 0.6) is 0 Å². The van der Waals surface area contributed by atoms with Crippen molar-refractivity contribution in [3.63, 3.8) is 0 Å². The summed E-state index contributed by atoms with van der Waals surface area (Å²) < 4.78 is 5.54. The molecular weight excluding hydrogens is 316 g/mol. The Morgan fingerprint density at radius 1 is 1.28 bits per heavy atom. The zero-order valence-electron chi connectivity index (χ0n) is 14.9. The third-order valence-electron chi connectivity index (χ3n) is 4.90. The molecule has 1 aliphatic heterocycles. The zero-order chi connectivity index (χ0) is 17.8. The fourth-order valence-electron chi connectivity index (χ4n) is 3.32. The van der Waals surface area contributed by atoms with E-state index in [1.54, 1.807) is 0 Å². The van der Waals surface area contributed by atoms with Crippen molar-refractivity contribution in [3.05, 3.63) is 53.0 Å². The lowest BCUT2D eigenvalue weighted by atomic mass is 9.97. The molecule has 0 spiro atoms. The van der Waals surface area contributed by atoms with Crippen LogP contribution in [0, 0.1) is 19.8 Å². The highest BCUT2D eigenvalue weighted by Crippen LogP contribution is 2.21. The van der Waals surface area contributed by atoms with Crippen molar-refractivity contribution in [2.75, 3.05) is 25.0 Å². The summed E-state index contributed by atoms with van der Waals surface area (Å²) in [7, 11) is 0. The van der Waals surface area contributed by atoms with Gasteiger partial charge >= 0.3 is 0 Å². The molecule has 5 nitrogen and oxygen atoms in total. The number of aliphatic hydroxyl groups is 1. The number of furan rings is 1. The lowest BCUT2D eigenvalue weighted by Gasteiger charge is -2.31. The second-order valence-corrected chi connectivity index (χ2v) is 6.79. The van der Waals surface area contributed by atoms with Gasteiger partial charge in [-0.1, -0.05) is 6.07 Å². The van der Waals surface area contributed by atoms with Crippen LogP contribution in [0.25, 0.3) is 0 Å². The molecule has 1 saturated heterocycles. The van der Waals surface area contributed by atoms with Gasteiger partial charge in [-0.25, -0.2) is 0 Å². The summed E-state index contributed by atoms with van der Waals surface area (Å²) in [5.41, 5.74) is 2.75. The molecule has 2 heterocycles. The van der Waals surface area contributed by atoms with Crippen LogP contribution in [0.2, 0.25) is 0 Å². The first kappa shape index (κ1) is 17.5. The number of amides is 1. The Morgan fingerprint density at radius 3 is 2.68 bits per heavy atom. The quantitative estimate of drug-likeness (QED) is 0.874. The van der Waals surface area contributed by atoms with E-state index in [-0.39, 0.29) is 12.5 Å². The molecule has 0 saturated carbocycles. The van der Waals surface area contributed by atoms with Crippen molar-refractivity contribution in [2.45, 2.75) is 33.2 Å². The Labute approximate surface area is 148 Å². The second-order valence-electron chi connectivity index (χ2n) is 6.79. The molecule has 1 amide bonds. The topological polar surface area (TPSA) is 65.7 Å². The molecule has 134 valence electrons. The summed E-state index contributed by atoms with van der Waals surface area (Å²) in [6, 6.07) is 9.67. The largest absolute Gasteiger partial charge is 0.466 e. The average molecular weight is 342 g/mol. The second kappa shape index (κ2) is 7.74. The van der Waals surface area contributed by atoms with E-state index >= 15 is 0 Å². The van der Waals surface area contributed by atoms with Gasteiger partial charge in [-0.2, -0.15) is 0 Å². The number of aliphatic hydroxyl groups excluding tert-OH is 1. The van der Waals surface area contributed by atoms with Crippen molar-refractivity contribution < 1.29 is 14.3 Å². The SMILES string of the molecule is Cc1cc(CNc2cccc(C(=O)N3CCC(CO)CC3)c2)c(C)o1. The van der Waals surface area contributed by atoms with Gasteiger partial charge in [0.1, 0.15) is 11.5 Å². The van der Waals surface area contributed by atoms with Crippen LogP contribution in [0.1, 0.15) is 40.3 Å². The smallest absolute Gasteiger partial charge is 0.253 e. The lowest BCUT2D eigenvalue weighted by Crippen LogP contribution is -2.39. The van der Waals surface area contributed by atoms with Gasteiger partial charge < -0.3 is 19.7 Å². The third-order valence-corrected chi connectivity index (χ3v) is 4.90. The summed E-state index contributed by atoms with van der Waals surface area (Å²) in [6.45, 7) is 6.22. The number of carbonyl (C=O) groups excluding carboxylic acids is 1. The summed E-state index contributed by atoms with van der Waals surface area (Å²) >= 11 is 0. The fourth-order valence-corrected chi connectivity index (χ4v) is 3.32. The minimum Gasteiger partial charge on any atom is -0.466 e. The first-order chi connectivity index (χ1) is 12.1. The van der Waals surface area contributed by atoms with Crippen LogP contribution in [-0.4, -0.2) is 35.6 Å². The number of nitrogens with zero attached hydrogens (tertiary/aromatic N) is 1. The molecule has 1 fully saturated rings. The van der Waals surface area contributed by atoms with E-state index in [2.05, 4.69) is 5.32 Å². The van der Waals surface area contributed by atoms with Gasteiger partial charge in [0.2, 0.25) is 0 Å². The van der Waals surface area contributed by atoms with Crippen LogP contribution < -0.4 is 5.32 Å². The van der Waals surface area contributed by atoms with Crippen LogP contribution in [0.4, 0.5) is 5.69 Å². The molecule has 3 rings (SSSR count). The van der Waals surface area contributed by atoms with Gasteiger partial charge in [-0.3, -0.25) is 4.79 Å². The molecule has 1 aromatic heterocycles. The Balaban J connectivity index is 1.63. The predicted molar refractivity (Wildman–Crippen MR) is 97.7 cm³/mol. The Morgan fingerprint density at radius 2 is 2.04 bits per heavy atom. The minimum absolute atomic E-state index is 0.0652. The maximum Gasteiger partial charge on any atom is 0.253 e. The van der Waals surface area contributed by atoms with E-state index in [0.717, 1.165) is 48.7 Å². The summed E-state index contributed by atoms with van der Waals surface area (Å²) in [4.78, 5) is 14.6. The Bertz CT molecular complexity index is 730. The highest BCUT2D eigenvalue weighted by molar-refractivity contribution is 5.95. The van der Waals surface area contributed by atoms with Gasteiger partial charge in [0.15, 0.2) is 0 Å². The molecule has 0 atom stereocenters. The molecule has 25 heavy (non-hydrogen) atoms. The number of hydrogen-bond donors (Lipinski definition) is 2. The first-order valence-corrected chi connectivity index (χ1v) is 8.87. The van der Waals surface area contributed by atoms with E-state index in [9.17, 15) is 9.90 Å². The molecule has 1 aromatic carbocycles. The van der Waals surface area contributed by atoms with Crippen LogP contribution >= 0.6 is 0 Å². The van der Waals surface area contributed by atoms with Crippen LogP contribution in [0.15, 0.2) is 34.7 Å². The standard InChI is InChI=1S/C20H26N2O3/c1-14-10-18(15(2)25-14)12-21-19-5-3-4-17(11-19)20(24)22-8-6-16(13-23)7-9-22/h3-5,10-11,16,21,23H,6-9,12-13H2,1-2H3. The van der Waals surface area contributed by atoms with E-state index in [0.29, 0.717) is 18.0 Å². The average Bonchev–Trinajstić information content (AvgIpc) is 2.97. The molecule has 2 aromatic rings. The summed E-state index contributed by atoms with van der Waals surface area (Å²) in [5, 5.41) is 12.6. The first-order valence-electron chi connectivity index (χ1n) is 8.87. The highest BCUT2D eigenvalue weighted by Gasteiger charge is 2.23. The summed E-state index contributed by atoms with van der Waals surface area (Å²) in [5.74, 6) is 2.22. The molecule has 1 aliphatic rings. The van der Waals surface area contributed by atoms with Crippen molar-refractivity contribution in [2.24, 2.45) is 5.92 Å². The Kier molecular flexibility index (Phi) is 5.43. The van der Waals surface area contributed by atoms with E-state index in [1.807, 2.05) is 49.1 Å². The molecule has 0 unspecified atom stereocenters. The number of aryl methyl sites for hydroxylation is 2. The highest BCUT2D eigenvalue weighted by atomic mass is 16.3. The van der Waals surface area contributed by atoms with E-state index < -0.39 is 0 Å². The lowest BCUT2D eigenvalue weighted by molar-refractivity contribution is 0.0651. The van der Waals surface area contributed by atoms with Crippen molar-refractivity contribution in [1.29, 1.82) is 0 Å². The Hall–Kier alpha value is -2.27. The normalized spacial score (nSPS) is 15.4. The van der Waals surface area contributed by atoms with Crippen molar-refractivity contribution in [3.8, 4) is 0 Å². The monoisotopic (exact) mass is 342 g/mol. The third kappa shape index (κ3) is 4.23. The number of nitrogens with one attached hydrogen (secondary N) is 1. The predicted octanol–water partition coefficient (Wildman–Crippen LogP) is 3.35. The number of benzene rings is 1.